The van der Waals surface area contributed by atoms with Crippen LogP contribution in [0.1, 0.15) is 18.5 Å². The van der Waals surface area contributed by atoms with Crippen LogP contribution in [0.2, 0.25) is 0 Å². The molecule has 1 aromatic carbocycles. The summed E-state index contributed by atoms with van der Waals surface area (Å²) in [7, 11) is 1.62. The van der Waals surface area contributed by atoms with E-state index in [1.54, 1.807) is 47.7 Å². The van der Waals surface area contributed by atoms with Crippen molar-refractivity contribution >= 4 is 28.9 Å². The SMILES string of the molecule is COc1cccc([C@@H]2C(C(=O)Nc3cccnc3)=C(C)Nc3nc(-c4cccs4)nn32)c1. The molecule has 5 rings (SSSR count). The number of carbonyl (C=O) groups excluding carboxylic acids is 1. The number of pyridine rings is 1. The van der Waals surface area contributed by atoms with Crippen molar-refractivity contribution in [2.24, 2.45) is 0 Å². The number of anilines is 2. The van der Waals surface area contributed by atoms with Crippen molar-refractivity contribution in [2.75, 3.05) is 17.7 Å². The smallest absolute Gasteiger partial charge is 0.255 e. The summed E-state index contributed by atoms with van der Waals surface area (Å²) < 4.78 is 7.19. The van der Waals surface area contributed by atoms with Crippen LogP contribution in [0.4, 0.5) is 11.6 Å². The number of hydrogen-bond acceptors (Lipinski definition) is 7. The fourth-order valence-electron chi connectivity index (χ4n) is 3.71. The molecular weight excluding hydrogens is 424 g/mol. The van der Waals surface area contributed by atoms with Gasteiger partial charge in [0.1, 0.15) is 11.8 Å². The fourth-order valence-corrected chi connectivity index (χ4v) is 4.36. The second-order valence-electron chi connectivity index (χ2n) is 7.22. The molecule has 0 aliphatic carbocycles. The van der Waals surface area contributed by atoms with Crippen molar-refractivity contribution in [3.8, 4) is 16.5 Å². The zero-order chi connectivity index (χ0) is 22.1. The van der Waals surface area contributed by atoms with Crippen LogP contribution in [0.3, 0.4) is 0 Å². The predicted molar refractivity (Wildman–Crippen MR) is 124 cm³/mol. The number of carbonyl (C=O) groups is 1. The molecule has 4 heterocycles. The van der Waals surface area contributed by atoms with E-state index in [2.05, 4.69) is 20.6 Å². The topological polar surface area (TPSA) is 94.0 Å². The second-order valence-corrected chi connectivity index (χ2v) is 8.17. The minimum Gasteiger partial charge on any atom is -0.497 e. The van der Waals surface area contributed by atoms with Crippen LogP contribution >= 0.6 is 11.3 Å². The molecule has 8 nitrogen and oxygen atoms in total. The molecule has 0 fully saturated rings. The quantitative estimate of drug-likeness (QED) is 0.476. The first-order chi connectivity index (χ1) is 15.6. The summed E-state index contributed by atoms with van der Waals surface area (Å²) in [6.45, 7) is 1.87. The zero-order valence-electron chi connectivity index (χ0n) is 17.4. The van der Waals surface area contributed by atoms with Crippen LogP contribution in [0.5, 0.6) is 5.75 Å². The molecule has 160 valence electrons. The Morgan fingerprint density at radius 1 is 1.22 bits per heavy atom. The Morgan fingerprint density at radius 2 is 2.12 bits per heavy atom. The lowest BCUT2D eigenvalue weighted by Gasteiger charge is -2.28. The normalized spacial score (nSPS) is 15.1. The number of allylic oxidation sites excluding steroid dienone is 1. The maximum atomic E-state index is 13.4. The van der Waals surface area contributed by atoms with Gasteiger partial charge in [0.15, 0.2) is 5.82 Å². The Balaban J connectivity index is 1.62. The van der Waals surface area contributed by atoms with Crippen LogP contribution in [0.15, 0.2) is 77.6 Å². The van der Waals surface area contributed by atoms with Gasteiger partial charge in [0.25, 0.3) is 5.91 Å². The minimum absolute atomic E-state index is 0.241. The van der Waals surface area contributed by atoms with E-state index in [1.807, 2.05) is 48.7 Å². The average molecular weight is 445 g/mol. The summed E-state index contributed by atoms with van der Waals surface area (Å²) in [6, 6.07) is 14.7. The van der Waals surface area contributed by atoms with Crippen molar-refractivity contribution in [3.05, 3.63) is 83.1 Å². The Labute approximate surface area is 188 Å². The average Bonchev–Trinajstić information content (AvgIpc) is 3.48. The van der Waals surface area contributed by atoms with Gasteiger partial charge in [0.2, 0.25) is 5.95 Å². The molecule has 0 radical (unpaired) electrons. The summed E-state index contributed by atoms with van der Waals surface area (Å²) in [6.07, 6.45) is 3.27. The number of methoxy groups -OCH3 is 1. The monoisotopic (exact) mass is 444 g/mol. The lowest BCUT2D eigenvalue weighted by molar-refractivity contribution is -0.113. The van der Waals surface area contributed by atoms with Crippen LogP contribution in [0, 0.1) is 0 Å². The molecular formula is C23H20N6O2S. The summed E-state index contributed by atoms with van der Waals surface area (Å²) in [4.78, 5) is 23.2. The summed E-state index contributed by atoms with van der Waals surface area (Å²) in [5, 5.41) is 13.0. The lowest BCUT2D eigenvalue weighted by atomic mass is 9.95. The highest BCUT2D eigenvalue weighted by Crippen LogP contribution is 2.38. The van der Waals surface area contributed by atoms with Crippen LogP contribution in [-0.2, 0) is 4.79 Å². The zero-order valence-corrected chi connectivity index (χ0v) is 18.3. The van der Waals surface area contributed by atoms with E-state index in [0.717, 1.165) is 10.4 Å². The highest BCUT2D eigenvalue weighted by Gasteiger charge is 2.34. The van der Waals surface area contributed by atoms with Crippen molar-refractivity contribution < 1.29 is 9.53 Å². The van der Waals surface area contributed by atoms with Crippen molar-refractivity contribution in [1.29, 1.82) is 0 Å². The van der Waals surface area contributed by atoms with Gasteiger partial charge < -0.3 is 15.4 Å². The number of fused-ring (bicyclic) bond motifs is 1. The molecule has 0 bridgehead atoms. The van der Waals surface area contributed by atoms with E-state index in [0.29, 0.717) is 34.5 Å². The number of hydrogen-bond donors (Lipinski definition) is 2. The lowest BCUT2D eigenvalue weighted by Crippen LogP contribution is -2.31. The Bertz CT molecular complexity index is 1300. The number of amides is 1. The standard InChI is InChI=1S/C23H20N6O2S/c1-14-19(22(30)26-16-7-4-10-24-13-16)20(15-6-3-8-17(12-15)31-2)29-23(25-14)27-21(28-29)18-9-5-11-32-18/h3-13,20H,1-2H3,(H,26,30)(H,25,27,28)/t20-/m1/s1. The summed E-state index contributed by atoms with van der Waals surface area (Å²) in [5.74, 6) is 1.65. The summed E-state index contributed by atoms with van der Waals surface area (Å²) >= 11 is 1.57. The Hall–Kier alpha value is -3.98. The van der Waals surface area contributed by atoms with Gasteiger partial charge in [0, 0.05) is 11.9 Å². The van der Waals surface area contributed by atoms with Gasteiger partial charge in [0.05, 0.1) is 29.4 Å². The first kappa shape index (κ1) is 20.0. The van der Waals surface area contributed by atoms with Crippen molar-refractivity contribution in [3.63, 3.8) is 0 Å². The van der Waals surface area contributed by atoms with Crippen LogP contribution in [-0.4, -0.2) is 32.8 Å². The van der Waals surface area contributed by atoms with Crippen molar-refractivity contribution in [1.82, 2.24) is 19.7 Å². The highest BCUT2D eigenvalue weighted by molar-refractivity contribution is 7.13. The van der Waals surface area contributed by atoms with Gasteiger partial charge in [-0.3, -0.25) is 9.78 Å². The molecule has 1 aliphatic rings. The number of benzene rings is 1. The van der Waals surface area contributed by atoms with E-state index >= 15 is 0 Å². The molecule has 0 spiro atoms. The highest BCUT2D eigenvalue weighted by atomic mass is 32.1. The maximum absolute atomic E-state index is 13.4. The van der Waals surface area contributed by atoms with E-state index in [-0.39, 0.29) is 5.91 Å². The van der Waals surface area contributed by atoms with E-state index < -0.39 is 6.04 Å². The van der Waals surface area contributed by atoms with Gasteiger partial charge in [-0.15, -0.1) is 16.4 Å². The predicted octanol–water partition coefficient (Wildman–Crippen LogP) is 4.34. The third-order valence-electron chi connectivity index (χ3n) is 5.17. The third kappa shape index (κ3) is 3.63. The molecule has 0 saturated heterocycles. The molecule has 1 aliphatic heterocycles. The molecule has 2 N–H and O–H groups in total. The molecule has 0 unspecified atom stereocenters. The number of aromatic nitrogens is 4. The molecule has 1 atom stereocenters. The van der Waals surface area contributed by atoms with E-state index in [9.17, 15) is 4.79 Å². The Kier molecular flexibility index (Phi) is 5.16. The molecule has 0 saturated carbocycles. The minimum atomic E-state index is -0.487. The Morgan fingerprint density at radius 3 is 2.88 bits per heavy atom. The maximum Gasteiger partial charge on any atom is 0.255 e. The van der Waals surface area contributed by atoms with Gasteiger partial charge in [-0.25, -0.2) is 4.68 Å². The van der Waals surface area contributed by atoms with E-state index in [4.69, 9.17) is 9.84 Å². The van der Waals surface area contributed by atoms with Gasteiger partial charge >= 0.3 is 0 Å². The number of nitrogens with one attached hydrogen (secondary N) is 2. The molecule has 1 amide bonds. The van der Waals surface area contributed by atoms with Crippen LogP contribution in [0.25, 0.3) is 10.7 Å². The molecule has 4 aromatic rings. The van der Waals surface area contributed by atoms with Gasteiger partial charge in [-0.05, 0) is 48.2 Å². The van der Waals surface area contributed by atoms with Gasteiger partial charge in [-0.1, -0.05) is 18.2 Å². The second kappa shape index (κ2) is 8.27. The fraction of sp³-hybridized carbons (Fsp3) is 0.130. The number of rotatable bonds is 5. The van der Waals surface area contributed by atoms with Crippen molar-refractivity contribution in [2.45, 2.75) is 13.0 Å². The third-order valence-corrected chi connectivity index (χ3v) is 6.03. The molecule has 9 heteroatoms. The summed E-state index contributed by atoms with van der Waals surface area (Å²) in [5.41, 5.74) is 2.73. The van der Waals surface area contributed by atoms with E-state index in [1.165, 1.54) is 0 Å². The number of nitrogens with zero attached hydrogens (tertiary/aromatic N) is 4. The molecule has 32 heavy (non-hydrogen) atoms. The number of thiophene rings is 1. The van der Waals surface area contributed by atoms with Crippen LogP contribution < -0.4 is 15.4 Å². The van der Waals surface area contributed by atoms with Gasteiger partial charge in [-0.2, -0.15) is 4.98 Å². The first-order valence-corrected chi connectivity index (χ1v) is 10.9. The first-order valence-electron chi connectivity index (χ1n) is 9.97. The number of ether oxygens (including phenoxy) is 1. The molecule has 3 aromatic heterocycles. The largest absolute Gasteiger partial charge is 0.497 e.